The zero-order valence-corrected chi connectivity index (χ0v) is 13.9. The maximum Gasteiger partial charge on any atom is 0.460 e. The Bertz CT molecular complexity index is 671. The van der Waals surface area contributed by atoms with Crippen molar-refractivity contribution >= 4 is 5.97 Å². The number of hydrogen-bond donors (Lipinski definition) is 0. The van der Waals surface area contributed by atoms with Crippen LogP contribution in [0.15, 0.2) is 12.2 Å². The number of carbonyl (C=O) groups excluding carboxylic acids is 1. The van der Waals surface area contributed by atoms with Crippen molar-refractivity contribution in [1.29, 1.82) is 0 Å². The number of rotatable bonds is 5. The highest BCUT2D eigenvalue weighted by Crippen LogP contribution is 2.71. The van der Waals surface area contributed by atoms with E-state index in [1.807, 2.05) is 0 Å². The Kier molecular flexibility index (Phi) is 6.81. The molecule has 0 aliphatic carbocycles. The number of carbonyl (C=O) groups is 1. The molecular formula is C12H5F17O2. The minimum absolute atomic E-state index is 0.0826. The SMILES string of the molecule is C=C(C)C(=O)OC(F)(C(F)(F)C(F)(F)C(F)(F)F)C(C(F)(F)F)(C(F)(F)F)C(F)(F)F. The first-order chi connectivity index (χ1) is 13.1. The second-order valence-corrected chi connectivity index (χ2v) is 5.65. The van der Waals surface area contributed by atoms with Crippen LogP contribution < -0.4 is 0 Å². The molecule has 0 bridgehead atoms. The number of alkyl halides is 17. The molecule has 0 heterocycles. The van der Waals surface area contributed by atoms with Gasteiger partial charge in [0.2, 0.25) is 0 Å². The van der Waals surface area contributed by atoms with Crippen molar-refractivity contribution in [3.8, 4) is 0 Å². The molecule has 0 aliphatic heterocycles. The summed E-state index contributed by atoms with van der Waals surface area (Å²) in [4.78, 5) is 11.1. The molecule has 0 radical (unpaired) electrons. The molecule has 184 valence electrons. The lowest BCUT2D eigenvalue weighted by Crippen LogP contribution is -2.79. The molecule has 0 saturated carbocycles. The van der Waals surface area contributed by atoms with E-state index in [2.05, 4.69) is 11.3 Å². The average molecular weight is 504 g/mol. The fourth-order valence-electron chi connectivity index (χ4n) is 2.00. The zero-order chi connectivity index (χ0) is 25.9. The molecular weight excluding hydrogens is 499 g/mol. The van der Waals surface area contributed by atoms with Gasteiger partial charge in [-0.05, 0) is 6.92 Å². The van der Waals surface area contributed by atoms with Gasteiger partial charge >= 0.3 is 53.8 Å². The van der Waals surface area contributed by atoms with Gasteiger partial charge in [0.1, 0.15) is 0 Å². The fourth-order valence-corrected chi connectivity index (χ4v) is 2.00. The van der Waals surface area contributed by atoms with Crippen molar-refractivity contribution < 1.29 is 84.2 Å². The highest BCUT2D eigenvalue weighted by atomic mass is 19.4. The van der Waals surface area contributed by atoms with E-state index in [1.165, 1.54) is 0 Å². The molecule has 0 fully saturated rings. The number of esters is 1. The van der Waals surface area contributed by atoms with Gasteiger partial charge in [0.05, 0.1) is 0 Å². The van der Waals surface area contributed by atoms with Gasteiger partial charge in [0.25, 0.3) is 0 Å². The van der Waals surface area contributed by atoms with Crippen LogP contribution in [-0.2, 0) is 9.53 Å². The summed E-state index contributed by atoms with van der Waals surface area (Å²) in [5.41, 5.74) is -10.5. The number of ether oxygens (including phenoxy) is 1. The van der Waals surface area contributed by atoms with Crippen LogP contribution in [0, 0.1) is 5.41 Å². The van der Waals surface area contributed by atoms with E-state index in [1.54, 1.807) is 0 Å². The van der Waals surface area contributed by atoms with Gasteiger partial charge < -0.3 is 4.74 Å². The molecule has 0 aromatic rings. The van der Waals surface area contributed by atoms with Crippen molar-refractivity contribution in [2.45, 2.75) is 49.3 Å². The standard InChI is InChI=1S/C12H5F17O2/c1-3(2)4(30)31-8(17,6(13,14)7(15,16)12(27,28)29)5(9(18,19)20,10(21,22)23)11(24,25)26/h1H2,2H3. The van der Waals surface area contributed by atoms with Crippen LogP contribution in [0.1, 0.15) is 6.92 Å². The summed E-state index contributed by atoms with van der Waals surface area (Å²) in [6.45, 7) is 2.34. The summed E-state index contributed by atoms with van der Waals surface area (Å²) in [7, 11) is 0. The Labute approximate surface area is 158 Å². The van der Waals surface area contributed by atoms with Crippen LogP contribution in [0.5, 0.6) is 0 Å². The predicted octanol–water partition coefficient (Wildman–Crippen LogP) is 6.28. The van der Waals surface area contributed by atoms with E-state index in [4.69, 9.17) is 0 Å². The molecule has 1 atom stereocenters. The van der Waals surface area contributed by atoms with Gasteiger partial charge in [-0.3, -0.25) is 0 Å². The molecule has 2 nitrogen and oxygen atoms in total. The largest absolute Gasteiger partial charge is 0.460 e. The van der Waals surface area contributed by atoms with Crippen molar-refractivity contribution in [2.24, 2.45) is 5.41 Å². The Balaban J connectivity index is 7.97. The lowest BCUT2D eigenvalue weighted by atomic mass is 9.72. The van der Waals surface area contributed by atoms with Gasteiger partial charge in [0, 0.05) is 5.57 Å². The lowest BCUT2D eigenvalue weighted by Gasteiger charge is -2.49. The van der Waals surface area contributed by atoms with E-state index in [0.29, 0.717) is 0 Å². The van der Waals surface area contributed by atoms with E-state index >= 15 is 0 Å². The van der Waals surface area contributed by atoms with Crippen molar-refractivity contribution in [1.82, 2.24) is 0 Å². The van der Waals surface area contributed by atoms with Gasteiger partial charge in [-0.15, -0.1) is 0 Å². The summed E-state index contributed by atoms with van der Waals surface area (Å²) in [6, 6.07) is 0. The maximum absolute atomic E-state index is 14.6. The third kappa shape index (κ3) is 3.87. The van der Waals surface area contributed by atoms with E-state index in [-0.39, 0.29) is 6.92 Å². The summed E-state index contributed by atoms with van der Waals surface area (Å²) in [5, 5.41) is 0. The topological polar surface area (TPSA) is 26.3 Å². The summed E-state index contributed by atoms with van der Waals surface area (Å²) in [5.74, 6) is -28.9. The van der Waals surface area contributed by atoms with Crippen LogP contribution in [0.4, 0.5) is 74.6 Å². The van der Waals surface area contributed by atoms with Gasteiger partial charge in [-0.25, -0.2) is 4.79 Å². The minimum atomic E-state index is -8.79. The average Bonchev–Trinajstić information content (AvgIpc) is 2.40. The molecule has 0 spiro atoms. The Morgan fingerprint density at radius 2 is 0.871 bits per heavy atom. The lowest BCUT2D eigenvalue weighted by molar-refractivity contribution is -0.528. The molecule has 0 rings (SSSR count). The molecule has 0 N–H and O–H groups in total. The predicted molar refractivity (Wildman–Crippen MR) is 61.3 cm³/mol. The second kappa shape index (κ2) is 7.28. The third-order valence-electron chi connectivity index (χ3n) is 3.49. The fraction of sp³-hybridized carbons (Fsp3) is 0.750. The smallest absolute Gasteiger partial charge is 0.417 e. The van der Waals surface area contributed by atoms with Crippen molar-refractivity contribution in [3.63, 3.8) is 0 Å². The quantitative estimate of drug-likeness (QED) is 0.251. The summed E-state index contributed by atoms with van der Waals surface area (Å²) < 4.78 is 224. The van der Waals surface area contributed by atoms with Gasteiger partial charge in [-0.2, -0.15) is 74.6 Å². The third-order valence-corrected chi connectivity index (χ3v) is 3.49. The first-order valence-electron chi connectivity index (χ1n) is 6.68. The number of hydrogen-bond acceptors (Lipinski definition) is 2. The van der Waals surface area contributed by atoms with Crippen LogP contribution in [0.3, 0.4) is 0 Å². The Morgan fingerprint density at radius 1 is 0.581 bits per heavy atom. The molecule has 0 amide bonds. The number of halogens is 17. The molecule has 0 aromatic carbocycles. The van der Waals surface area contributed by atoms with E-state index in [9.17, 15) is 79.4 Å². The zero-order valence-electron chi connectivity index (χ0n) is 13.9. The van der Waals surface area contributed by atoms with Crippen LogP contribution in [0.25, 0.3) is 0 Å². The normalized spacial score (nSPS) is 17.2. The van der Waals surface area contributed by atoms with E-state index < -0.39 is 59.4 Å². The molecule has 0 aromatic heterocycles. The van der Waals surface area contributed by atoms with Crippen LogP contribution in [-0.4, -0.2) is 48.4 Å². The van der Waals surface area contributed by atoms with E-state index in [0.717, 1.165) is 0 Å². The summed E-state index contributed by atoms with van der Waals surface area (Å²) in [6.07, 6.45) is -33.4. The van der Waals surface area contributed by atoms with Gasteiger partial charge in [-0.1, -0.05) is 6.58 Å². The van der Waals surface area contributed by atoms with Gasteiger partial charge in [0.15, 0.2) is 0 Å². The second-order valence-electron chi connectivity index (χ2n) is 5.65. The molecule has 0 aliphatic rings. The van der Waals surface area contributed by atoms with Crippen molar-refractivity contribution in [3.05, 3.63) is 12.2 Å². The first-order valence-corrected chi connectivity index (χ1v) is 6.68. The first kappa shape index (κ1) is 29.0. The van der Waals surface area contributed by atoms with Crippen molar-refractivity contribution in [2.75, 3.05) is 0 Å². The molecule has 31 heavy (non-hydrogen) atoms. The summed E-state index contributed by atoms with van der Waals surface area (Å²) >= 11 is 0. The Morgan fingerprint density at radius 3 is 1.06 bits per heavy atom. The van der Waals surface area contributed by atoms with Crippen LogP contribution >= 0.6 is 0 Å². The Hall–Kier alpha value is -1.98. The molecule has 19 heteroatoms. The monoisotopic (exact) mass is 504 g/mol. The highest BCUT2D eigenvalue weighted by Gasteiger charge is 3.02. The minimum Gasteiger partial charge on any atom is -0.417 e. The highest BCUT2D eigenvalue weighted by molar-refractivity contribution is 5.87. The van der Waals surface area contributed by atoms with Crippen LogP contribution in [0.2, 0.25) is 0 Å². The maximum atomic E-state index is 14.6. The molecule has 1 unspecified atom stereocenters. The molecule has 0 saturated heterocycles.